The van der Waals surface area contributed by atoms with Crippen LogP contribution in [0.4, 0.5) is 0 Å². The van der Waals surface area contributed by atoms with Crippen molar-refractivity contribution in [3.8, 4) is 0 Å². The average Bonchev–Trinajstić information content (AvgIpc) is 2.40. The van der Waals surface area contributed by atoms with Gasteiger partial charge in [-0.25, -0.2) is 0 Å². The van der Waals surface area contributed by atoms with Crippen LogP contribution < -0.4 is 5.32 Å². The summed E-state index contributed by atoms with van der Waals surface area (Å²) in [6.07, 6.45) is 0.975. The zero-order valence-electron chi connectivity index (χ0n) is 13.7. The Morgan fingerprint density at radius 2 is 1.62 bits per heavy atom. The van der Waals surface area contributed by atoms with E-state index in [-0.39, 0.29) is 6.04 Å². The topological polar surface area (TPSA) is 37.8 Å². The largest absolute Gasteiger partial charge is 0.310 e. The molecule has 0 aliphatic heterocycles. The van der Waals surface area contributed by atoms with Crippen molar-refractivity contribution in [3.63, 3.8) is 0 Å². The molecule has 0 saturated carbocycles. The molecule has 0 amide bonds. The van der Waals surface area contributed by atoms with Crippen molar-refractivity contribution < 1.29 is 0 Å². The second kappa shape index (κ2) is 6.81. The van der Waals surface area contributed by atoms with Crippen LogP contribution in [0.3, 0.4) is 0 Å². The summed E-state index contributed by atoms with van der Waals surface area (Å²) >= 11 is 0. The molecule has 21 heavy (non-hydrogen) atoms. The van der Waals surface area contributed by atoms with E-state index in [0.717, 1.165) is 24.4 Å². The molecule has 1 unspecified atom stereocenters. The number of hydrogen-bond acceptors (Lipinski definition) is 3. The van der Waals surface area contributed by atoms with Crippen LogP contribution in [-0.4, -0.2) is 16.7 Å². The van der Waals surface area contributed by atoms with Crippen molar-refractivity contribution in [1.29, 1.82) is 0 Å². The van der Waals surface area contributed by atoms with E-state index < -0.39 is 0 Å². The van der Waals surface area contributed by atoms with Gasteiger partial charge in [0.15, 0.2) is 0 Å². The lowest BCUT2D eigenvalue weighted by molar-refractivity contribution is 0.542. The Morgan fingerprint density at radius 3 is 2.24 bits per heavy atom. The number of hydrogen-bond donors (Lipinski definition) is 1. The first-order valence-electron chi connectivity index (χ1n) is 7.61. The number of aryl methyl sites for hydroxylation is 4. The van der Waals surface area contributed by atoms with Gasteiger partial charge in [-0.1, -0.05) is 36.2 Å². The van der Waals surface area contributed by atoms with Crippen LogP contribution in [0.1, 0.15) is 46.6 Å². The fourth-order valence-corrected chi connectivity index (χ4v) is 2.88. The van der Waals surface area contributed by atoms with Crippen LogP contribution in [0.15, 0.2) is 24.3 Å². The minimum Gasteiger partial charge on any atom is -0.310 e. The summed E-state index contributed by atoms with van der Waals surface area (Å²) in [6, 6.07) is 9.20. The summed E-state index contributed by atoms with van der Waals surface area (Å²) in [7, 11) is 0. The van der Waals surface area contributed by atoms with Crippen LogP contribution in [0.5, 0.6) is 0 Å². The average molecular weight is 283 g/mol. The lowest BCUT2D eigenvalue weighted by atomic mass is 9.95. The Hall–Kier alpha value is -1.74. The Balaban J connectivity index is 2.32. The third-order valence-corrected chi connectivity index (χ3v) is 3.69. The molecule has 0 aliphatic rings. The smallest absolute Gasteiger partial charge is 0.0648 e. The normalized spacial score (nSPS) is 12.4. The Morgan fingerprint density at radius 1 is 0.952 bits per heavy atom. The predicted octanol–water partition coefficient (Wildman–Crippen LogP) is 3.60. The maximum atomic E-state index is 4.27. The molecule has 0 radical (unpaired) electrons. The maximum absolute atomic E-state index is 4.27. The highest BCUT2D eigenvalue weighted by atomic mass is 15.1. The number of likely N-dealkylation sites (N-methyl/N-ethyl adjacent to an activating group) is 1. The van der Waals surface area contributed by atoms with E-state index in [0.29, 0.717) is 0 Å². The van der Waals surface area contributed by atoms with Crippen molar-refractivity contribution in [1.82, 2.24) is 15.5 Å². The van der Waals surface area contributed by atoms with Crippen LogP contribution in [0.25, 0.3) is 0 Å². The van der Waals surface area contributed by atoms with Crippen LogP contribution in [0.2, 0.25) is 0 Å². The zero-order chi connectivity index (χ0) is 15.4. The highest BCUT2D eigenvalue weighted by molar-refractivity contribution is 5.32. The SMILES string of the molecule is CCNC(Cc1cc(C)cc(C)c1)c1cc(C)nnc1C. The Labute approximate surface area is 127 Å². The van der Waals surface area contributed by atoms with E-state index in [9.17, 15) is 0 Å². The molecule has 1 aromatic carbocycles. The lowest BCUT2D eigenvalue weighted by Crippen LogP contribution is -2.24. The molecule has 2 aromatic rings. The molecule has 0 fully saturated rings. The second-order valence-corrected chi connectivity index (χ2v) is 5.84. The molecule has 0 bridgehead atoms. The molecule has 2 rings (SSSR count). The summed E-state index contributed by atoms with van der Waals surface area (Å²) < 4.78 is 0. The van der Waals surface area contributed by atoms with Gasteiger partial charge in [0.2, 0.25) is 0 Å². The number of nitrogens with one attached hydrogen (secondary N) is 1. The maximum Gasteiger partial charge on any atom is 0.0648 e. The summed E-state index contributed by atoms with van der Waals surface area (Å²) in [5, 5.41) is 12.0. The van der Waals surface area contributed by atoms with E-state index >= 15 is 0 Å². The summed E-state index contributed by atoms with van der Waals surface area (Å²) in [5.74, 6) is 0. The van der Waals surface area contributed by atoms with Gasteiger partial charge in [-0.05, 0) is 57.9 Å². The first-order chi connectivity index (χ1) is 9.99. The first kappa shape index (κ1) is 15.6. The molecule has 1 heterocycles. The van der Waals surface area contributed by atoms with Gasteiger partial charge in [0.25, 0.3) is 0 Å². The third kappa shape index (κ3) is 4.11. The monoisotopic (exact) mass is 283 g/mol. The number of nitrogens with zero attached hydrogens (tertiary/aromatic N) is 2. The van der Waals surface area contributed by atoms with Crippen molar-refractivity contribution in [2.45, 2.75) is 47.1 Å². The van der Waals surface area contributed by atoms with Crippen molar-refractivity contribution >= 4 is 0 Å². The van der Waals surface area contributed by atoms with E-state index in [1.54, 1.807) is 0 Å². The lowest BCUT2D eigenvalue weighted by Gasteiger charge is -2.20. The van der Waals surface area contributed by atoms with Gasteiger partial charge in [-0.2, -0.15) is 10.2 Å². The van der Waals surface area contributed by atoms with Crippen LogP contribution in [-0.2, 0) is 6.42 Å². The summed E-state index contributed by atoms with van der Waals surface area (Å²) in [5.41, 5.74) is 7.24. The molecule has 1 N–H and O–H groups in total. The molecule has 1 aromatic heterocycles. The van der Waals surface area contributed by atoms with Crippen LogP contribution >= 0.6 is 0 Å². The zero-order valence-corrected chi connectivity index (χ0v) is 13.7. The molecule has 3 heteroatoms. The fourth-order valence-electron chi connectivity index (χ4n) is 2.88. The number of aromatic nitrogens is 2. The number of rotatable bonds is 5. The second-order valence-electron chi connectivity index (χ2n) is 5.84. The van der Waals surface area contributed by atoms with E-state index in [2.05, 4.69) is 60.6 Å². The highest BCUT2D eigenvalue weighted by Crippen LogP contribution is 2.22. The van der Waals surface area contributed by atoms with Gasteiger partial charge in [-0.15, -0.1) is 0 Å². The molecular weight excluding hydrogens is 258 g/mol. The van der Waals surface area contributed by atoms with Crippen molar-refractivity contribution in [2.24, 2.45) is 0 Å². The van der Waals surface area contributed by atoms with Crippen LogP contribution in [0, 0.1) is 27.7 Å². The van der Waals surface area contributed by atoms with Gasteiger partial charge in [0, 0.05) is 6.04 Å². The van der Waals surface area contributed by atoms with Gasteiger partial charge in [0.05, 0.1) is 11.4 Å². The number of benzene rings is 1. The van der Waals surface area contributed by atoms with Crippen molar-refractivity contribution in [3.05, 3.63) is 57.9 Å². The van der Waals surface area contributed by atoms with Crippen molar-refractivity contribution in [2.75, 3.05) is 6.54 Å². The molecule has 3 nitrogen and oxygen atoms in total. The van der Waals surface area contributed by atoms with E-state index in [4.69, 9.17) is 0 Å². The Kier molecular flexibility index (Phi) is 5.07. The van der Waals surface area contributed by atoms with E-state index in [1.165, 1.54) is 22.3 Å². The molecule has 0 spiro atoms. The fraction of sp³-hybridized carbons (Fsp3) is 0.444. The minimum absolute atomic E-state index is 0.283. The van der Waals surface area contributed by atoms with Gasteiger partial charge >= 0.3 is 0 Å². The molecule has 0 saturated heterocycles. The molecular formula is C18H25N3. The van der Waals surface area contributed by atoms with Gasteiger partial charge < -0.3 is 5.32 Å². The van der Waals surface area contributed by atoms with E-state index in [1.807, 2.05) is 13.8 Å². The van der Waals surface area contributed by atoms with Gasteiger partial charge in [0.1, 0.15) is 0 Å². The molecule has 0 aliphatic carbocycles. The molecule has 1 atom stereocenters. The Bertz CT molecular complexity index is 600. The molecule has 112 valence electrons. The predicted molar refractivity (Wildman–Crippen MR) is 87.5 cm³/mol. The highest BCUT2D eigenvalue weighted by Gasteiger charge is 2.15. The summed E-state index contributed by atoms with van der Waals surface area (Å²) in [6.45, 7) is 11.4. The summed E-state index contributed by atoms with van der Waals surface area (Å²) in [4.78, 5) is 0. The van der Waals surface area contributed by atoms with Gasteiger partial charge in [-0.3, -0.25) is 0 Å². The standard InChI is InChI=1S/C18H25N3/c1-6-19-18(17-10-14(4)20-21-15(17)5)11-16-8-12(2)7-13(3)9-16/h7-10,18-19H,6,11H2,1-5H3. The quantitative estimate of drug-likeness (QED) is 0.911. The third-order valence-electron chi connectivity index (χ3n) is 3.69. The first-order valence-corrected chi connectivity index (χ1v) is 7.61. The minimum atomic E-state index is 0.283.